The van der Waals surface area contributed by atoms with Gasteiger partial charge >= 0.3 is 0 Å². The van der Waals surface area contributed by atoms with Gasteiger partial charge in [-0.15, -0.1) is 0 Å². The summed E-state index contributed by atoms with van der Waals surface area (Å²) in [7, 11) is 0. The van der Waals surface area contributed by atoms with Gasteiger partial charge < -0.3 is 10.2 Å². The van der Waals surface area contributed by atoms with Crippen molar-refractivity contribution in [1.29, 1.82) is 0 Å². The molecule has 4 aliphatic rings. The third kappa shape index (κ3) is 2.16. The summed E-state index contributed by atoms with van der Waals surface area (Å²) in [5.41, 5.74) is -3.53. The molecular formula is C22H26F2O4. The lowest BCUT2D eigenvalue weighted by Gasteiger charge is -2.58. The number of carbonyl (C=O) groups is 2. The van der Waals surface area contributed by atoms with Crippen LogP contribution in [-0.2, 0) is 9.59 Å². The summed E-state index contributed by atoms with van der Waals surface area (Å²) < 4.78 is 28.4. The number of fused-ring (bicyclic) bond motifs is 5. The number of alkyl halides is 1. The van der Waals surface area contributed by atoms with Gasteiger partial charge in [0.2, 0.25) is 0 Å². The number of aliphatic hydroxyl groups is 2. The maximum Gasteiger partial charge on any atom is 0.196 e. The van der Waals surface area contributed by atoms with E-state index >= 15 is 4.39 Å². The number of ketones is 2. The third-order valence-electron chi connectivity index (χ3n) is 8.23. The van der Waals surface area contributed by atoms with E-state index in [4.69, 9.17) is 0 Å². The van der Waals surface area contributed by atoms with Crippen LogP contribution in [0.4, 0.5) is 8.78 Å². The zero-order valence-electron chi connectivity index (χ0n) is 16.3. The average molecular weight is 392 g/mol. The quantitative estimate of drug-likeness (QED) is 0.758. The first kappa shape index (κ1) is 19.6. The van der Waals surface area contributed by atoms with Crippen molar-refractivity contribution in [3.05, 3.63) is 35.7 Å². The van der Waals surface area contributed by atoms with Crippen LogP contribution in [0.15, 0.2) is 35.7 Å². The van der Waals surface area contributed by atoms with Crippen LogP contribution >= 0.6 is 0 Å². The fourth-order valence-electron chi connectivity index (χ4n) is 6.90. The van der Waals surface area contributed by atoms with E-state index in [-0.39, 0.29) is 23.7 Å². The second-order valence-corrected chi connectivity index (χ2v) is 9.45. The van der Waals surface area contributed by atoms with Gasteiger partial charge in [0.15, 0.2) is 18.2 Å². The van der Waals surface area contributed by atoms with Gasteiger partial charge in [0.25, 0.3) is 0 Å². The molecule has 0 unspecified atom stereocenters. The first-order valence-electron chi connectivity index (χ1n) is 9.83. The summed E-state index contributed by atoms with van der Waals surface area (Å²) in [5.74, 6) is -3.27. The minimum absolute atomic E-state index is 0.117. The van der Waals surface area contributed by atoms with Gasteiger partial charge in [-0.25, -0.2) is 8.78 Å². The Balaban J connectivity index is 1.87. The SMILES string of the molecule is C[C@@H]1C[C@H]2[C@@H]3C=C(F)C4=CC(=O)C=C[C@]4(C)[C@H]3[C@@H](O)C[C@]2(C)[C@@]1(O)C(=O)CF. The molecule has 0 aromatic carbocycles. The molecule has 0 heterocycles. The molecule has 0 aromatic rings. The van der Waals surface area contributed by atoms with Crippen molar-refractivity contribution >= 4 is 11.6 Å². The average Bonchev–Trinajstić information content (AvgIpc) is 2.83. The first-order valence-corrected chi connectivity index (χ1v) is 9.83. The molecule has 0 bridgehead atoms. The van der Waals surface area contributed by atoms with E-state index < -0.39 is 58.6 Å². The third-order valence-corrected chi connectivity index (χ3v) is 8.23. The predicted molar refractivity (Wildman–Crippen MR) is 98.4 cm³/mol. The summed E-state index contributed by atoms with van der Waals surface area (Å²) in [6.07, 6.45) is 5.40. The fraction of sp³-hybridized carbons (Fsp3) is 0.636. The molecule has 4 nitrogen and oxygen atoms in total. The van der Waals surface area contributed by atoms with Gasteiger partial charge in [-0.3, -0.25) is 9.59 Å². The Morgan fingerprint density at radius 1 is 1.36 bits per heavy atom. The maximum absolute atomic E-state index is 15.1. The van der Waals surface area contributed by atoms with Crippen molar-refractivity contribution in [2.45, 2.75) is 45.3 Å². The lowest BCUT2D eigenvalue weighted by Crippen LogP contribution is -2.62. The molecule has 2 fully saturated rings. The van der Waals surface area contributed by atoms with Gasteiger partial charge in [-0.05, 0) is 48.8 Å². The molecule has 0 amide bonds. The summed E-state index contributed by atoms with van der Waals surface area (Å²) >= 11 is 0. The molecule has 152 valence electrons. The zero-order valence-corrected chi connectivity index (χ0v) is 16.3. The number of allylic oxidation sites excluding steroid dienone is 6. The van der Waals surface area contributed by atoms with Crippen LogP contribution in [0.3, 0.4) is 0 Å². The molecule has 2 N–H and O–H groups in total. The standard InChI is InChI=1S/C22H26F2O4/c1-11-6-14-13-8-16(24)15-7-12(25)4-5-20(15,2)19(13)17(26)9-21(14,3)22(11,28)18(27)10-23/h4-5,7-8,11,13-14,17,19,26,28H,6,9-10H2,1-3H3/t11-,13+,14+,17+,19-,20+,21+,22+/m1/s1. The number of aliphatic hydroxyl groups excluding tert-OH is 1. The second-order valence-electron chi connectivity index (χ2n) is 9.45. The first-order chi connectivity index (χ1) is 13.0. The largest absolute Gasteiger partial charge is 0.393 e. The van der Waals surface area contributed by atoms with Crippen LogP contribution in [0.5, 0.6) is 0 Å². The van der Waals surface area contributed by atoms with Gasteiger partial charge in [-0.2, -0.15) is 0 Å². The molecule has 2 saturated carbocycles. The molecule has 0 radical (unpaired) electrons. The van der Waals surface area contributed by atoms with Crippen LogP contribution in [0.1, 0.15) is 33.6 Å². The molecule has 28 heavy (non-hydrogen) atoms. The van der Waals surface area contributed by atoms with E-state index in [1.54, 1.807) is 19.9 Å². The Morgan fingerprint density at radius 2 is 2.04 bits per heavy atom. The van der Waals surface area contributed by atoms with E-state index in [0.29, 0.717) is 6.42 Å². The smallest absolute Gasteiger partial charge is 0.196 e. The minimum atomic E-state index is -1.89. The molecule has 0 aliphatic heterocycles. The Labute approximate surface area is 163 Å². The predicted octanol–water partition coefficient (Wildman–Crippen LogP) is 2.85. The molecule has 4 rings (SSSR count). The maximum atomic E-state index is 15.1. The summed E-state index contributed by atoms with van der Waals surface area (Å²) in [6.45, 7) is 3.98. The second kappa shape index (κ2) is 5.92. The van der Waals surface area contributed by atoms with Crippen LogP contribution in [0.25, 0.3) is 0 Å². The van der Waals surface area contributed by atoms with E-state index in [1.165, 1.54) is 18.2 Å². The van der Waals surface area contributed by atoms with Gasteiger partial charge in [0.1, 0.15) is 11.4 Å². The van der Waals surface area contributed by atoms with E-state index in [0.717, 1.165) is 0 Å². The molecular weight excluding hydrogens is 366 g/mol. The highest BCUT2D eigenvalue weighted by Gasteiger charge is 2.70. The monoisotopic (exact) mass is 392 g/mol. The topological polar surface area (TPSA) is 74.6 Å². The van der Waals surface area contributed by atoms with Gasteiger partial charge in [-0.1, -0.05) is 26.8 Å². The molecule has 0 spiro atoms. The van der Waals surface area contributed by atoms with Gasteiger partial charge in [0, 0.05) is 22.3 Å². The van der Waals surface area contributed by atoms with Crippen molar-refractivity contribution < 1.29 is 28.6 Å². The Morgan fingerprint density at radius 3 is 2.68 bits per heavy atom. The number of Topliss-reactive ketones (excluding diaryl/α,β-unsaturated/α-hetero) is 1. The number of carbonyl (C=O) groups excluding carboxylic acids is 2. The minimum Gasteiger partial charge on any atom is -0.393 e. The molecule has 0 saturated heterocycles. The van der Waals surface area contributed by atoms with Gasteiger partial charge in [0.05, 0.1) is 6.10 Å². The van der Waals surface area contributed by atoms with Crippen molar-refractivity contribution in [2.24, 2.45) is 34.5 Å². The fourth-order valence-corrected chi connectivity index (χ4v) is 6.90. The highest BCUT2D eigenvalue weighted by Crippen LogP contribution is 2.67. The summed E-state index contributed by atoms with van der Waals surface area (Å²) in [5, 5.41) is 22.4. The molecule has 0 aromatic heterocycles. The van der Waals surface area contributed by atoms with Crippen LogP contribution in [0.2, 0.25) is 0 Å². The lowest BCUT2D eigenvalue weighted by atomic mass is 9.47. The summed E-state index contributed by atoms with van der Waals surface area (Å²) in [4.78, 5) is 24.2. The highest BCUT2D eigenvalue weighted by atomic mass is 19.1. The number of hydrogen-bond donors (Lipinski definition) is 2. The van der Waals surface area contributed by atoms with Crippen LogP contribution in [-0.4, -0.2) is 40.2 Å². The van der Waals surface area contributed by atoms with E-state index in [9.17, 15) is 24.2 Å². The van der Waals surface area contributed by atoms with Crippen molar-refractivity contribution in [3.63, 3.8) is 0 Å². The Hall–Kier alpha value is -1.66. The Bertz CT molecular complexity index is 845. The summed E-state index contributed by atoms with van der Waals surface area (Å²) in [6, 6.07) is 0. The molecule has 8 atom stereocenters. The number of hydrogen-bond acceptors (Lipinski definition) is 4. The zero-order chi connectivity index (χ0) is 20.6. The lowest BCUT2D eigenvalue weighted by molar-refractivity contribution is -0.176. The van der Waals surface area contributed by atoms with Crippen molar-refractivity contribution in [1.82, 2.24) is 0 Å². The molecule has 4 aliphatic carbocycles. The van der Waals surface area contributed by atoms with Crippen molar-refractivity contribution in [3.8, 4) is 0 Å². The van der Waals surface area contributed by atoms with E-state index in [2.05, 4.69) is 0 Å². The van der Waals surface area contributed by atoms with Crippen LogP contribution in [0, 0.1) is 34.5 Å². The van der Waals surface area contributed by atoms with Crippen LogP contribution < -0.4 is 0 Å². The van der Waals surface area contributed by atoms with Crippen molar-refractivity contribution in [2.75, 3.05) is 6.67 Å². The number of rotatable bonds is 2. The highest BCUT2D eigenvalue weighted by molar-refractivity contribution is 6.01. The number of halogens is 2. The Kier molecular flexibility index (Phi) is 4.16. The molecule has 6 heteroatoms. The normalized spacial score (nSPS) is 49.7. The van der Waals surface area contributed by atoms with E-state index in [1.807, 2.05) is 6.92 Å².